The molecule has 0 radical (unpaired) electrons. The highest BCUT2D eigenvalue weighted by Gasteiger charge is 2.31. The van der Waals surface area contributed by atoms with E-state index < -0.39 is 0 Å². The van der Waals surface area contributed by atoms with Crippen LogP contribution in [0.2, 0.25) is 0 Å². The zero-order valence-corrected chi connectivity index (χ0v) is 11.0. The second-order valence-electron chi connectivity index (χ2n) is 4.97. The maximum atomic E-state index is 13.0. The maximum absolute atomic E-state index is 13.0. The third-order valence-corrected chi connectivity index (χ3v) is 3.65. The fourth-order valence-electron chi connectivity index (χ4n) is 2.74. The zero-order chi connectivity index (χ0) is 13.2. The molecule has 2 unspecified atom stereocenters. The van der Waals surface area contributed by atoms with Gasteiger partial charge in [-0.2, -0.15) is 0 Å². The molecule has 0 saturated heterocycles. The molecule has 98 valence electrons. The minimum Gasteiger partial charge on any atom is -0.361 e. The molecule has 1 aliphatic rings. The van der Waals surface area contributed by atoms with Gasteiger partial charge in [0.15, 0.2) is 0 Å². The third-order valence-electron chi connectivity index (χ3n) is 3.65. The lowest BCUT2D eigenvalue weighted by molar-refractivity contribution is 0.0281. The Morgan fingerprint density at radius 3 is 2.37 bits per heavy atom. The van der Waals surface area contributed by atoms with Crippen LogP contribution in [0.15, 0.2) is 48.5 Å². The van der Waals surface area contributed by atoms with Gasteiger partial charge in [0.25, 0.3) is 0 Å². The summed E-state index contributed by atoms with van der Waals surface area (Å²) in [6.07, 6.45) is 2.22. The van der Waals surface area contributed by atoms with Gasteiger partial charge in [0.1, 0.15) is 11.9 Å². The smallest absolute Gasteiger partial charge is 0.123 e. The maximum Gasteiger partial charge on any atom is 0.123 e. The fraction of sp³-hybridized carbons (Fsp3) is 0.294. The lowest BCUT2D eigenvalue weighted by Crippen LogP contribution is -2.00. The highest BCUT2D eigenvalue weighted by Crippen LogP contribution is 2.44. The fourth-order valence-corrected chi connectivity index (χ4v) is 2.74. The summed E-state index contributed by atoms with van der Waals surface area (Å²) in [5.74, 6) is -0.208. The molecule has 0 aromatic heterocycles. The Morgan fingerprint density at radius 2 is 1.68 bits per heavy atom. The predicted molar refractivity (Wildman–Crippen MR) is 73.4 cm³/mol. The molecule has 0 fully saturated rings. The van der Waals surface area contributed by atoms with Crippen molar-refractivity contribution >= 4 is 0 Å². The molecule has 0 saturated carbocycles. The zero-order valence-electron chi connectivity index (χ0n) is 11.0. The monoisotopic (exact) mass is 256 g/mol. The van der Waals surface area contributed by atoms with Gasteiger partial charge in [0.05, 0.1) is 6.10 Å². The van der Waals surface area contributed by atoms with Crippen molar-refractivity contribution in [2.24, 2.45) is 0 Å². The van der Waals surface area contributed by atoms with Crippen LogP contribution in [0.4, 0.5) is 4.39 Å². The summed E-state index contributed by atoms with van der Waals surface area (Å²) in [5, 5.41) is 0. The van der Waals surface area contributed by atoms with E-state index in [2.05, 4.69) is 25.1 Å². The first-order chi connectivity index (χ1) is 9.29. The van der Waals surface area contributed by atoms with Crippen LogP contribution in [0, 0.1) is 5.82 Å². The number of benzene rings is 2. The molecule has 0 amide bonds. The summed E-state index contributed by atoms with van der Waals surface area (Å²) in [6, 6.07) is 14.9. The molecule has 2 atom stereocenters. The van der Waals surface area contributed by atoms with Crippen molar-refractivity contribution in [3.05, 3.63) is 71.0 Å². The first kappa shape index (κ1) is 12.4. The molecule has 19 heavy (non-hydrogen) atoms. The molecule has 0 spiro atoms. The predicted octanol–water partition coefficient (Wildman–Crippen LogP) is 4.79. The van der Waals surface area contributed by atoms with Crippen molar-refractivity contribution < 1.29 is 9.13 Å². The Hall–Kier alpha value is -1.67. The minimum absolute atomic E-state index is 0.0617. The van der Waals surface area contributed by atoms with Crippen LogP contribution in [0.3, 0.4) is 0 Å². The Kier molecular flexibility index (Phi) is 3.34. The number of hydrogen-bond acceptors (Lipinski definition) is 1. The quantitative estimate of drug-likeness (QED) is 0.767. The highest BCUT2D eigenvalue weighted by molar-refractivity contribution is 5.40. The number of fused-ring (bicyclic) bond motifs is 1. The summed E-state index contributed by atoms with van der Waals surface area (Å²) < 4.78 is 19.2. The molecule has 0 aliphatic carbocycles. The van der Waals surface area contributed by atoms with E-state index in [4.69, 9.17) is 4.74 Å². The Bertz CT molecular complexity index is 562. The van der Waals surface area contributed by atoms with Gasteiger partial charge in [-0.25, -0.2) is 4.39 Å². The molecule has 2 heteroatoms. The first-order valence-electron chi connectivity index (χ1n) is 6.79. The topological polar surface area (TPSA) is 9.23 Å². The van der Waals surface area contributed by atoms with E-state index in [9.17, 15) is 4.39 Å². The normalized spacial score (nSPS) is 21.4. The van der Waals surface area contributed by atoms with Gasteiger partial charge >= 0.3 is 0 Å². The molecule has 1 aliphatic heterocycles. The highest BCUT2D eigenvalue weighted by atomic mass is 19.1. The number of halogens is 1. The summed E-state index contributed by atoms with van der Waals surface area (Å²) in [4.78, 5) is 0. The SMILES string of the molecule is CCCC1OC(c2ccc(F)cc2)c2ccccc21. The van der Waals surface area contributed by atoms with Crippen molar-refractivity contribution in [1.82, 2.24) is 0 Å². The van der Waals surface area contributed by atoms with Crippen LogP contribution in [-0.4, -0.2) is 0 Å². The Labute approximate surface area is 113 Å². The number of rotatable bonds is 3. The van der Waals surface area contributed by atoms with E-state index in [-0.39, 0.29) is 18.0 Å². The van der Waals surface area contributed by atoms with E-state index >= 15 is 0 Å². The van der Waals surface area contributed by atoms with E-state index in [1.807, 2.05) is 18.2 Å². The lowest BCUT2D eigenvalue weighted by Gasteiger charge is -2.14. The summed E-state index contributed by atoms with van der Waals surface area (Å²) >= 11 is 0. The molecule has 1 heterocycles. The second kappa shape index (κ2) is 5.14. The van der Waals surface area contributed by atoms with Crippen LogP contribution >= 0.6 is 0 Å². The van der Waals surface area contributed by atoms with Crippen LogP contribution in [0.1, 0.15) is 48.7 Å². The van der Waals surface area contributed by atoms with Crippen molar-refractivity contribution in [3.8, 4) is 0 Å². The Balaban J connectivity index is 1.98. The van der Waals surface area contributed by atoms with E-state index in [1.54, 1.807) is 0 Å². The number of hydrogen-bond donors (Lipinski definition) is 0. The van der Waals surface area contributed by atoms with Crippen molar-refractivity contribution in [1.29, 1.82) is 0 Å². The second-order valence-corrected chi connectivity index (χ2v) is 4.97. The summed E-state index contributed by atoms with van der Waals surface area (Å²) in [7, 11) is 0. The van der Waals surface area contributed by atoms with Crippen LogP contribution in [0.5, 0.6) is 0 Å². The van der Waals surface area contributed by atoms with Gasteiger partial charge < -0.3 is 4.74 Å². The molecule has 0 N–H and O–H groups in total. The van der Waals surface area contributed by atoms with E-state index in [0.29, 0.717) is 0 Å². The van der Waals surface area contributed by atoms with Crippen LogP contribution < -0.4 is 0 Å². The molecule has 2 aromatic carbocycles. The standard InChI is InChI=1S/C17H17FO/c1-2-5-16-14-6-3-4-7-15(14)17(19-16)12-8-10-13(18)11-9-12/h3-4,6-11,16-17H,2,5H2,1H3. The van der Waals surface area contributed by atoms with Crippen LogP contribution in [-0.2, 0) is 4.74 Å². The molecule has 2 aromatic rings. The lowest BCUT2D eigenvalue weighted by atomic mass is 9.96. The Morgan fingerprint density at radius 1 is 1.00 bits per heavy atom. The van der Waals surface area contributed by atoms with Gasteiger partial charge in [0.2, 0.25) is 0 Å². The van der Waals surface area contributed by atoms with E-state index in [0.717, 1.165) is 18.4 Å². The van der Waals surface area contributed by atoms with Crippen LogP contribution in [0.25, 0.3) is 0 Å². The van der Waals surface area contributed by atoms with Gasteiger partial charge in [0, 0.05) is 0 Å². The molecule has 3 rings (SSSR count). The van der Waals surface area contributed by atoms with Gasteiger partial charge in [-0.15, -0.1) is 0 Å². The largest absolute Gasteiger partial charge is 0.361 e. The summed E-state index contributed by atoms with van der Waals surface area (Å²) in [6.45, 7) is 2.16. The molecule has 1 nitrogen and oxygen atoms in total. The molecular formula is C17H17FO. The average Bonchev–Trinajstić information content (AvgIpc) is 2.80. The van der Waals surface area contributed by atoms with Crippen molar-refractivity contribution in [3.63, 3.8) is 0 Å². The third kappa shape index (κ3) is 2.28. The van der Waals surface area contributed by atoms with Gasteiger partial charge in [-0.05, 0) is 35.2 Å². The number of ether oxygens (including phenoxy) is 1. The minimum atomic E-state index is -0.208. The average molecular weight is 256 g/mol. The van der Waals surface area contributed by atoms with Gasteiger partial charge in [-0.3, -0.25) is 0 Å². The first-order valence-corrected chi connectivity index (χ1v) is 6.79. The van der Waals surface area contributed by atoms with Crippen molar-refractivity contribution in [2.45, 2.75) is 32.0 Å². The summed E-state index contributed by atoms with van der Waals surface area (Å²) in [5.41, 5.74) is 3.51. The molecular weight excluding hydrogens is 239 g/mol. The van der Waals surface area contributed by atoms with Gasteiger partial charge in [-0.1, -0.05) is 49.7 Å². The van der Waals surface area contributed by atoms with E-state index in [1.165, 1.54) is 23.3 Å². The molecule has 0 bridgehead atoms. The van der Waals surface area contributed by atoms with Crippen molar-refractivity contribution in [2.75, 3.05) is 0 Å².